The Morgan fingerprint density at radius 2 is 1.64 bits per heavy atom. The number of hydrogen-bond acceptors (Lipinski definition) is 5. The number of ether oxygens (including phenoxy) is 2. The van der Waals surface area contributed by atoms with E-state index in [9.17, 15) is 9.59 Å². The summed E-state index contributed by atoms with van der Waals surface area (Å²) in [6.07, 6.45) is 0.0645. The monoisotopic (exact) mass is 383 g/mol. The van der Waals surface area contributed by atoms with Crippen molar-refractivity contribution in [1.82, 2.24) is 5.43 Å². The summed E-state index contributed by atoms with van der Waals surface area (Å²) in [6.45, 7) is 5.61. The number of methoxy groups -OCH3 is 2. The molecule has 2 amide bonds. The average molecular weight is 383 g/mol. The van der Waals surface area contributed by atoms with E-state index in [1.807, 2.05) is 32.0 Å². The van der Waals surface area contributed by atoms with E-state index in [1.54, 1.807) is 25.1 Å². The number of rotatable bonds is 7. The van der Waals surface area contributed by atoms with Crippen LogP contribution in [0.4, 0.5) is 5.69 Å². The van der Waals surface area contributed by atoms with E-state index in [2.05, 4.69) is 15.8 Å². The van der Waals surface area contributed by atoms with Crippen LogP contribution in [0.3, 0.4) is 0 Å². The fourth-order valence-electron chi connectivity index (χ4n) is 2.57. The van der Waals surface area contributed by atoms with Gasteiger partial charge in [0.2, 0.25) is 5.91 Å². The number of nitrogens with one attached hydrogen (secondary N) is 2. The third-order valence-electron chi connectivity index (χ3n) is 4.03. The molecule has 0 unspecified atom stereocenters. The standard InChI is InChI=1S/C21H25N3O4/c1-13-6-7-19(14(2)8-13)22-20(25)9-15(3)23-24-21(26)16-10-17(27-4)12-18(11-16)28-5/h6-8,10-12H,9H2,1-5H3,(H,22,25)(H,24,26). The van der Waals surface area contributed by atoms with Crippen molar-refractivity contribution in [2.45, 2.75) is 27.2 Å². The lowest BCUT2D eigenvalue weighted by Crippen LogP contribution is -2.21. The van der Waals surface area contributed by atoms with Crippen LogP contribution >= 0.6 is 0 Å². The minimum atomic E-state index is -0.425. The van der Waals surface area contributed by atoms with Crippen molar-refractivity contribution < 1.29 is 19.1 Å². The molecule has 7 heteroatoms. The summed E-state index contributed by atoms with van der Waals surface area (Å²) in [6, 6.07) is 10.6. The minimum Gasteiger partial charge on any atom is -0.497 e. The van der Waals surface area contributed by atoms with E-state index in [4.69, 9.17) is 9.47 Å². The zero-order valence-electron chi connectivity index (χ0n) is 16.8. The first-order valence-corrected chi connectivity index (χ1v) is 8.76. The molecule has 0 fully saturated rings. The summed E-state index contributed by atoms with van der Waals surface area (Å²) in [4.78, 5) is 24.5. The number of hydrogen-bond donors (Lipinski definition) is 2. The van der Waals surface area contributed by atoms with Crippen molar-refractivity contribution in [2.75, 3.05) is 19.5 Å². The normalized spacial score (nSPS) is 11.0. The van der Waals surface area contributed by atoms with E-state index in [0.717, 1.165) is 16.8 Å². The average Bonchev–Trinajstić information content (AvgIpc) is 2.67. The molecular weight excluding hydrogens is 358 g/mol. The van der Waals surface area contributed by atoms with Gasteiger partial charge in [-0.1, -0.05) is 17.7 Å². The first-order chi connectivity index (χ1) is 13.3. The molecule has 0 atom stereocenters. The Morgan fingerprint density at radius 1 is 1.00 bits per heavy atom. The van der Waals surface area contributed by atoms with Crippen LogP contribution in [-0.4, -0.2) is 31.7 Å². The second kappa shape index (κ2) is 9.55. The highest BCUT2D eigenvalue weighted by Crippen LogP contribution is 2.22. The lowest BCUT2D eigenvalue weighted by Gasteiger charge is -2.09. The van der Waals surface area contributed by atoms with E-state index < -0.39 is 5.91 Å². The van der Waals surface area contributed by atoms with Gasteiger partial charge in [0.05, 0.1) is 20.6 Å². The molecule has 148 valence electrons. The first-order valence-electron chi connectivity index (χ1n) is 8.76. The Kier molecular flexibility index (Phi) is 7.14. The fraction of sp³-hybridized carbons (Fsp3) is 0.286. The predicted octanol–water partition coefficient (Wildman–Crippen LogP) is 3.46. The van der Waals surface area contributed by atoms with E-state index >= 15 is 0 Å². The molecule has 0 bridgehead atoms. The third-order valence-corrected chi connectivity index (χ3v) is 4.03. The molecule has 0 saturated heterocycles. The fourth-order valence-corrected chi connectivity index (χ4v) is 2.57. The second-order valence-electron chi connectivity index (χ2n) is 6.43. The van der Waals surface area contributed by atoms with Crippen LogP contribution in [0.25, 0.3) is 0 Å². The highest BCUT2D eigenvalue weighted by atomic mass is 16.5. The number of aryl methyl sites for hydroxylation is 2. The maximum atomic E-state index is 12.3. The summed E-state index contributed by atoms with van der Waals surface area (Å²) in [5, 5.41) is 6.86. The van der Waals surface area contributed by atoms with Crippen LogP contribution in [0.1, 0.15) is 34.8 Å². The van der Waals surface area contributed by atoms with Gasteiger partial charge in [-0.15, -0.1) is 0 Å². The molecule has 2 aromatic carbocycles. The molecule has 0 saturated carbocycles. The molecule has 0 aliphatic heterocycles. The van der Waals surface area contributed by atoms with E-state index in [1.165, 1.54) is 14.2 Å². The molecule has 0 spiro atoms. The second-order valence-corrected chi connectivity index (χ2v) is 6.43. The summed E-state index contributed by atoms with van der Waals surface area (Å²) in [5.41, 5.74) is 6.14. The number of amides is 2. The molecule has 0 aliphatic carbocycles. The number of nitrogens with zero attached hydrogens (tertiary/aromatic N) is 1. The topological polar surface area (TPSA) is 89.0 Å². The van der Waals surface area contributed by atoms with Gasteiger partial charge in [-0.2, -0.15) is 5.10 Å². The van der Waals surface area contributed by atoms with E-state index in [-0.39, 0.29) is 12.3 Å². The molecule has 7 nitrogen and oxygen atoms in total. The predicted molar refractivity (Wildman–Crippen MR) is 109 cm³/mol. The molecule has 2 N–H and O–H groups in total. The molecule has 0 heterocycles. The van der Waals surface area contributed by atoms with Crippen molar-refractivity contribution in [3.8, 4) is 11.5 Å². The lowest BCUT2D eigenvalue weighted by molar-refractivity contribution is -0.115. The molecule has 2 aromatic rings. The highest BCUT2D eigenvalue weighted by molar-refractivity contribution is 6.06. The minimum absolute atomic E-state index is 0.0645. The van der Waals surface area contributed by atoms with Crippen molar-refractivity contribution in [3.63, 3.8) is 0 Å². The number of hydrazone groups is 1. The van der Waals surface area contributed by atoms with Gasteiger partial charge >= 0.3 is 0 Å². The Bertz CT molecular complexity index is 884. The van der Waals surface area contributed by atoms with Crippen molar-refractivity contribution in [1.29, 1.82) is 0 Å². The van der Waals surface area contributed by atoms with Crippen molar-refractivity contribution >= 4 is 23.2 Å². The summed E-state index contributed by atoms with van der Waals surface area (Å²) < 4.78 is 10.3. The summed E-state index contributed by atoms with van der Waals surface area (Å²) in [7, 11) is 3.01. The zero-order chi connectivity index (χ0) is 20.7. The van der Waals surface area contributed by atoms with Crippen LogP contribution in [0.2, 0.25) is 0 Å². The van der Waals surface area contributed by atoms with Crippen LogP contribution in [0.5, 0.6) is 11.5 Å². The third kappa shape index (κ3) is 5.84. The maximum Gasteiger partial charge on any atom is 0.271 e. The van der Waals surface area contributed by atoms with Gasteiger partial charge in [0.1, 0.15) is 11.5 Å². The SMILES string of the molecule is COc1cc(OC)cc(C(=O)NN=C(C)CC(=O)Nc2ccc(C)cc2C)c1. The molecule has 28 heavy (non-hydrogen) atoms. The quantitative estimate of drug-likeness (QED) is 0.566. The molecular formula is C21H25N3O4. The van der Waals surface area contributed by atoms with Crippen LogP contribution in [-0.2, 0) is 4.79 Å². The Balaban J connectivity index is 1.98. The number of benzene rings is 2. The van der Waals surface area contributed by atoms with Crippen LogP contribution < -0.4 is 20.2 Å². The van der Waals surface area contributed by atoms with Gasteiger partial charge < -0.3 is 14.8 Å². The van der Waals surface area contributed by atoms with Crippen molar-refractivity contribution in [3.05, 3.63) is 53.1 Å². The summed E-state index contributed by atoms with van der Waals surface area (Å²) in [5.74, 6) is 0.368. The number of carbonyl (C=O) groups excluding carboxylic acids is 2. The van der Waals surface area contributed by atoms with Crippen LogP contribution in [0.15, 0.2) is 41.5 Å². The van der Waals surface area contributed by atoms with Gasteiger partial charge in [-0.3, -0.25) is 9.59 Å². The van der Waals surface area contributed by atoms with Gasteiger partial charge in [-0.25, -0.2) is 5.43 Å². The molecule has 0 aliphatic rings. The Labute approximate surface area is 164 Å². The molecule has 0 aromatic heterocycles. The zero-order valence-corrected chi connectivity index (χ0v) is 16.8. The van der Waals surface area contributed by atoms with E-state index in [0.29, 0.717) is 22.8 Å². The Hall–Kier alpha value is -3.35. The van der Waals surface area contributed by atoms with Crippen molar-refractivity contribution in [2.24, 2.45) is 5.10 Å². The molecule has 0 radical (unpaired) electrons. The smallest absolute Gasteiger partial charge is 0.271 e. The Morgan fingerprint density at radius 3 is 2.21 bits per heavy atom. The largest absolute Gasteiger partial charge is 0.497 e. The van der Waals surface area contributed by atoms with Gasteiger partial charge in [0.15, 0.2) is 0 Å². The van der Waals surface area contributed by atoms with Gasteiger partial charge in [-0.05, 0) is 44.5 Å². The van der Waals surface area contributed by atoms with Gasteiger partial charge in [0, 0.05) is 23.0 Å². The highest BCUT2D eigenvalue weighted by Gasteiger charge is 2.11. The van der Waals surface area contributed by atoms with Gasteiger partial charge in [0.25, 0.3) is 5.91 Å². The number of carbonyl (C=O) groups is 2. The van der Waals surface area contributed by atoms with Crippen LogP contribution in [0, 0.1) is 13.8 Å². The molecule has 2 rings (SSSR count). The summed E-state index contributed by atoms with van der Waals surface area (Å²) >= 11 is 0. The maximum absolute atomic E-state index is 12.3. The lowest BCUT2D eigenvalue weighted by atomic mass is 10.1. The first kappa shape index (κ1) is 21.0. The number of anilines is 1.